The highest BCUT2D eigenvalue weighted by atomic mass is 16.5. The quantitative estimate of drug-likeness (QED) is 0.754. The number of esters is 1. The van der Waals surface area contributed by atoms with Crippen molar-refractivity contribution in [1.29, 1.82) is 0 Å². The highest BCUT2D eigenvalue weighted by Crippen LogP contribution is 2.19. The molecule has 5 heteroatoms. The summed E-state index contributed by atoms with van der Waals surface area (Å²) in [7, 11) is 3.40. The Labute approximate surface area is 105 Å². The van der Waals surface area contributed by atoms with Crippen molar-refractivity contribution in [3.8, 4) is 0 Å². The van der Waals surface area contributed by atoms with Gasteiger partial charge in [0.25, 0.3) is 5.56 Å². The fourth-order valence-corrected chi connectivity index (χ4v) is 2.15. The summed E-state index contributed by atoms with van der Waals surface area (Å²) in [4.78, 5) is 23.9. The van der Waals surface area contributed by atoms with Crippen LogP contribution in [0.2, 0.25) is 0 Å². The smallest absolute Gasteiger partial charge is 0.354 e. The highest BCUT2D eigenvalue weighted by Gasteiger charge is 2.18. The van der Waals surface area contributed by atoms with Gasteiger partial charge in [-0.1, -0.05) is 0 Å². The number of carbonyl (C=O) groups excluding carboxylic acids is 1. The van der Waals surface area contributed by atoms with Crippen LogP contribution in [0, 0.1) is 6.92 Å². The topological polar surface area (TPSA) is 53.2 Å². The van der Waals surface area contributed by atoms with E-state index in [-0.39, 0.29) is 5.56 Å². The van der Waals surface area contributed by atoms with Crippen LogP contribution in [0.4, 0.5) is 0 Å². The van der Waals surface area contributed by atoms with E-state index in [1.165, 1.54) is 4.57 Å². The first-order valence-corrected chi connectivity index (χ1v) is 5.80. The minimum Gasteiger partial charge on any atom is -0.461 e. The molecule has 0 amide bonds. The first-order chi connectivity index (χ1) is 8.47. The van der Waals surface area contributed by atoms with Crippen LogP contribution in [-0.4, -0.2) is 21.7 Å². The van der Waals surface area contributed by atoms with Crippen LogP contribution in [0.5, 0.6) is 0 Å². The van der Waals surface area contributed by atoms with E-state index in [0.717, 1.165) is 10.9 Å². The molecule has 2 heterocycles. The molecule has 0 aromatic carbocycles. The van der Waals surface area contributed by atoms with Crippen LogP contribution in [0.15, 0.2) is 17.1 Å². The molecule has 0 aliphatic heterocycles. The van der Waals surface area contributed by atoms with E-state index in [4.69, 9.17) is 4.74 Å². The average molecular weight is 248 g/mol. The summed E-state index contributed by atoms with van der Waals surface area (Å²) in [5.74, 6) is -0.405. The summed E-state index contributed by atoms with van der Waals surface area (Å²) in [6.07, 6.45) is 1.76. The molecule has 0 N–H and O–H groups in total. The Hall–Kier alpha value is -2.04. The molecule has 0 unspecified atom stereocenters. The molecule has 0 fully saturated rings. The zero-order valence-corrected chi connectivity index (χ0v) is 11.0. The van der Waals surface area contributed by atoms with Crippen LogP contribution in [-0.2, 0) is 18.8 Å². The predicted molar refractivity (Wildman–Crippen MR) is 68.9 cm³/mol. The summed E-state index contributed by atoms with van der Waals surface area (Å²) in [5, 5.41) is 0.795. The SMILES string of the molecule is CCOC(=O)c1cc2c(C)cn(C)c(=O)c2n1C. The molecule has 0 bridgehead atoms. The van der Waals surface area contributed by atoms with Crippen molar-refractivity contribution in [3.63, 3.8) is 0 Å². The number of nitrogens with zero attached hydrogens (tertiary/aromatic N) is 2. The van der Waals surface area contributed by atoms with Crippen LogP contribution in [0.1, 0.15) is 23.0 Å². The van der Waals surface area contributed by atoms with Crippen molar-refractivity contribution in [1.82, 2.24) is 9.13 Å². The van der Waals surface area contributed by atoms with Gasteiger partial charge >= 0.3 is 5.97 Å². The first-order valence-electron chi connectivity index (χ1n) is 5.80. The number of ether oxygens (including phenoxy) is 1. The monoisotopic (exact) mass is 248 g/mol. The van der Waals surface area contributed by atoms with E-state index in [9.17, 15) is 9.59 Å². The molecule has 2 aromatic heterocycles. The van der Waals surface area contributed by atoms with E-state index in [1.54, 1.807) is 37.8 Å². The molecule has 0 aliphatic rings. The molecule has 2 aromatic rings. The Morgan fingerprint density at radius 3 is 2.67 bits per heavy atom. The third-order valence-electron chi connectivity index (χ3n) is 3.05. The molecular weight excluding hydrogens is 232 g/mol. The third kappa shape index (κ3) is 1.72. The molecule has 0 saturated carbocycles. The van der Waals surface area contributed by atoms with Gasteiger partial charge < -0.3 is 13.9 Å². The number of fused-ring (bicyclic) bond motifs is 1. The van der Waals surface area contributed by atoms with Crippen molar-refractivity contribution < 1.29 is 9.53 Å². The molecule has 2 rings (SSSR count). The van der Waals surface area contributed by atoms with E-state index in [2.05, 4.69) is 0 Å². The summed E-state index contributed by atoms with van der Waals surface area (Å²) in [6, 6.07) is 1.71. The van der Waals surface area contributed by atoms with Gasteiger partial charge in [0.2, 0.25) is 0 Å². The first kappa shape index (κ1) is 12.4. The lowest BCUT2D eigenvalue weighted by molar-refractivity contribution is 0.0516. The van der Waals surface area contributed by atoms with Crippen molar-refractivity contribution in [3.05, 3.63) is 33.9 Å². The lowest BCUT2D eigenvalue weighted by Crippen LogP contribution is -2.19. The van der Waals surface area contributed by atoms with Gasteiger partial charge in [-0.15, -0.1) is 0 Å². The van der Waals surface area contributed by atoms with Crippen LogP contribution >= 0.6 is 0 Å². The minimum absolute atomic E-state index is 0.117. The molecule has 5 nitrogen and oxygen atoms in total. The maximum atomic E-state index is 12.1. The average Bonchev–Trinajstić information content (AvgIpc) is 2.65. The van der Waals surface area contributed by atoms with Gasteiger partial charge in [-0.3, -0.25) is 4.79 Å². The predicted octanol–water partition coefficient (Wildman–Crippen LogP) is 1.36. The standard InChI is InChI=1S/C13H16N2O3/c1-5-18-13(17)10-6-9-8(2)7-14(3)12(16)11(9)15(10)4/h6-7H,5H2,1-4H3. The van der Waals surface area contributed by atoms with Crippen LogP contribution < -0.4 is 5.56 Å². The minimum atomic E-state index is -0.405. The van der Waals surface area contributed by atoms with Crippen molar-refractivity contribution >= 4 is 16.9 Å². The molecule has 0 aliphatic carbocycles. The molecule has 96 valence electrons. The zero-order chi connectivity index (χ0) is 13.4. The third-order valence-corrected chi connectivity index (χ3v) is 3.05. The molecule has 0 saturated heterocycles. The summed E-state index contributed by atoms with van der Waals surface area (Å²) < 4.78 is 8.10. The van der Waals surface area contributed by atoms with Crippen LogP contribution in [0.3, 0.4) is 0 Å². The van der Waals surface area contributed by atoms with E-state index < -0.39 is 5.97 Å². The number of pyridine rings is 1. The molecule has 0 spiro atoms. The van der Waals surface area contributed by atoms with Crippen molar-refractivity contribution in [2.45, 2.75) is 13.8 Å². The Balaban J connectivity index is 2.78. The number of aryl methyl sites for hydroxylation is 3. The summed E-state index contributed by atoms with van der Waals surface area (Å²) in [6.45, 7) is 3.99. The lowest BCUT2D eigenvalue weighted by Gasteiger charge is -2.04. The Morgan fingerprint density at radius 1 is 1.39 bits per heavy atom. The molecular formula is C13H16N2O3. The molecule has 0 radical (unpaired) electrons. The summed E-state index contributed by atoms with van der Waals surface area (Å²) >= 11 is 0. The van der Waals surface area contributed by atoms with Gasteiger partial charge in [-0.2, -0.15) is 0 Å². The Bertz CT molecular complexity index is 680. The van der Waals surface area contributed by atoms with Gasteiger partial charge in [-0.05, 0) is 25.5 Å². The Morgan fingerprint density at radius 2 is 2.06 bits per heavy atom. The van der Waals surface area contributed by atoms with Crippen molar-refractivity contribution in [2.75, 3.05) is 6.61 Å². The van der Waals surface area contributed by atoms with Crippen molar-refractivity contribution in [2.24, 2.45) is 14.1 Å². The maximum absolute atomic E-state index is 12.1. The number of hydrogen-bond acceptors (Lipinski definition) is 3. The van der Waals surface area contributed by atoms with Gasteiger partial charge in [0.05, 0.1) is 6.61 Å². The number of carbonyl (C=O) groups is 1. The number of rotatable bonds is 2. The second-order valence-electron chi connectivity index (χ2n) is 4.30. The van der Waals surface area contributed by atoms with Crippen LogP contribution in [0.25, 0.3) is 10.9 Å². The maximum Gasteiger partial charge on any atom is 0.354 e. The van der Waals surface area contributed by atoms with E-state index in [1.807, 2.05) is 6.92 Å². The van der Waals surface area contributed by atoms with Gasteiger partial charge in [0.1, 0.15) is 11.2 Å². The number of aromatic nitrogens is 2. The summed E-state index contributed by atoms with van der Waals surface area (Å²) in [5.41, 5.74) is 1.77. The van der Waals surface area contributed by atoms with E-state index in [0.29, 0.717) is 17.8 Å². The molecule has 0 atom stereocenters. The second kappa shape index (κ2) is 4.33. The van der Waals surface area contributed by atoms with Gasteiger partial charge in [-0.25, -0.2) is 4.79 Å². The molecule has 18 heavy (non-hydrogen) atoms. The zero-order valence-electron chi connectivity index (χ0n) is 11.0. The lowest BCUT2D eigenvalue weighted by atomic mass is 10.2. The highest BCUT2D eigenvalue weighted by molar-refractivity contribution is 5.96. The number of hydrogen-bond donors (Lipinski definition) is 0. The fourth-order valence-electron chi connectivity index (χ4n) is 2.15. The second-order valence-corrected chi connectivity index (χ2v) is 4.30. The fraction of sp³-hybridized carbons (Fsp3) is 0.385. The van der Waals surface area contributed by atoms with Gasteiger partial charge in [0.15, 0.2) is 0 Å². The Kier molecular flexibility index (Phi) is 2.98. The normalized spacial score (nSPS) is 10.9. The van der Waals surface area contributed by atoms with E-state index >= 15 is 0 Å². The largest absolute Gasteiger partial charge is 0.461 e. The van der Waals surface area contributed by atoms with Gasteiger partial charge in [0, 0.05) is 25.7 Å².